The van der Waals surface area contributed by atoms with Gasteiger partial charge in [0.05, 0.1) is 0 Å². The maximum Gasteiger partial charge on any atom is 0.344 e. The van der Waals surface area contributed by atoms with E-state index in [9.17, 15) is 14.4 Å². The summed E-state index contributed by atoms with van der Waals surface area (Å²) >= 11 is 5.87. The third kappa shape index (κ3) is 5.36. The molecular weight excluding hydrogens is 398 g/mol. The number of ether oxygens (including phenoxy) is 2. The Bertz CT molecular complexity index is 1140. The van der Waals surface area contributed by atoms with E-state index >= 15 is 0 Å². The topological polar surface area (TPSA) is 94.8 Å². The average Bonchev–Trinajstić information content (AvgIpc) is 2.66. The molecule has 0 saturated carbocycles. The fourth-order valence-corrected chi connectivity index (χ4v) is 2.91. The summed E-state index contributed by atoms with van der Waals surface area (Å²) in [4.78, 5) is 35.2. The first-order chi connectivity index (χ1) is 13.8. The summed E-state index contributed by atoms with van der Waals surface area (Å²) in [5, 5.41) is 3.97. The molecule has 7 nitrogen and oxygen atoms in total. The number of esters is 1. The molecule has 2 aromatic carbocycles. The second-order valence-electron chi connectivity index (χ2n) is 6.36. The molecule has 0 aliphatic heterocycles. The van der Waals surface area contributed by atoms with Crippen molar-refractivity contribution in [3.63, 3.8) is 0 Å². The molecule has 1 amide bonds. The summed E-state index contributed by atoms with van der Waals surface area (Å²) in [6.45, 7) is 2.76. The largest absolute Gasteiger partial charge is 0.482 e. The summed E-state index contributed by atoms with van der Waals surface area (Å²) in [5.41, 5.74) is 2.05. The Kier molecular flexibility index (Phi) is 6.19. The van der Waals surface area contributed by atoms with Crippen LogP contribution in [-0.4, -0.2) is 25.1 Å². The number of amides is 1. The molecule has 3 rings (SSSR count). The number of benzene rings is 2. The first kappa shape index (κ1) is 20.4. The van der Waals surface area contributed by atoms with Gasteiger partial charge in [0.2, 0.25) is 0 Å². The molecule has 0 aliphatic carbocycles. The number of fused-ring (bicyclic) bond motifs is 1. The molecule has 0 aliphatic rings. The van der Waals surface area contributed by atoms with Gasteiger partial charge in [-0.2, -0.15) is 0 Å². The number of anilines is 1. The highest BCUT2D eigenvalue weighted by molar-refractivity contribution is 6.30. The maximum absolute atomic E-state index is 11.9. The van der Waals surface area contributed by atoms with Crippen molar-refractivity contribution in [3.8, 4) is 5.75 Å². The SMILES string of the molecule is Cc1cc(Cl)ccc1NC(=O)COC(=O)COc1ccc2c(C)cc(=O)oc2c1. The number of aryl methyl sites for hydroxylation is 2. The zero-order valence-electron chi connectivity index (χ0n) is 15.8. The Morgan fingerprint density at radius 3 is 2.59 bits per heavy atom. The zero-order valence-corrected chi connectivity index (χ0v) is 16.5. The Balaban J connectivity index is 1.51. The van der Waals surface area contributed by atoms with E-state index in [-0.39, 0.29) is 0 Å². The molecule has 150 valence electrons. The third-order valence-electron chi connectivity index (χ3n) is 4.11. The molecule has 0 bridgehead atoms. The molecule has 0 atom stereocenters. The van der Waals surface area contributed by atoms with Crippen molar-refractivity contribution >= 4 is 40.1 Å². The van der Waals surface area contributed by atoms with Crippen molar-refractivity contribution in [3.05, 3.63) is 69.0 Å². The maximum atomic E-state index is 11.9. The fourth-order valence-electron chi connectivity index (χ4n) is 2.68. The Morgan fingerprint density at radius 1 is 1.03 bits per heavy atom. The Labute approximate surface area is 171 Å². The molecule has 0 unspecified atom stereocenters. The lowest BCUT2D eigenvalue weighted by atomic mass is 10.1. The van der Waals surface area contributed by atoms with Gasteiger partial charge in [0, 0.05) is 28.2 Å². The van der Waals surface area contributed by atoms with Gasteiger partial charge in [0.25, 0.3) is 5.91 Å². The van der Waals surface area contributed by atoms with Gasteiger partial charge in [0.15, 0.2) is 13.2 Å². The second kappa shape index (κ2) is 8.79. The van der Waals surface area contributed by atoms with E-state index in [2.05, 4.69) is 5.32 Å². The molecule has 1 aromatic heterocycles. The van der Waals surface area contributed by atoms with Crippen molar-refractivity contribution < 1.29 is 23.5 Å². The smallest absolute Gasteiger partial charge is 0.344 e. The molecule has 0 radical (unpaired) electrons. The van der Waals surface area contributed by atoms with Crippen LogP contribution in [0.4, 0.5) is 5.69 Å². The van der Waals surface area contributed by atoms with Crippen molar-refractivity contribution in [1.82, 2.24) is 0 Å². The molecule has 3 aromatic rings. The number of carbonyl (C=O) groups excluding carboxylic acids is 2. The lowest BCUT2D eigenvalue weighted by Gasteiger charge is -2.10. The highest BCUT2D eigenvalue weighted by atomic mass is 35.5. The van der Waals surface area contributed by atoms with Gasteiger partial charge in [-0.25, -0.2) is 9.59 Å². The monoisotopic (exact) mass is 415 g/mol. The van der Waals surface area contributed by atoms with E-state index in [0.717, 1.165) is 16.5 Å². The predicted octanol–water partition coefficient (Wildman–Crippen LogP) is 3.62. The Hall–Kier alpha value is -3.32. The van der Waals surface area contributed by atoms with E-state index in [1.54, 1.807) is 44.2 Å². The van der Waals surface area contributed by atoms with Gasteiger partial charge in [-0.05, 0) is 55.3 Å². The number of hydrogen-bond acceptors (Lipinski definition) is 6. The van der Waals surface area contributed by atoms with Crippen LogP contribution in [0.5, 0.6) is 5.75 Å². The lowest BCUT2D eigenvalue weighted by Crippen LogP contribution is -2.24. The van der Waals surface area contributed by atoms with Crippen LogP contribution in [-0.2, 0) is 14.3 Å². The van der Waals surface area contributed by atoms with Gasteiger partial charge in [-0.1, -0.05) is 11.6 Å². The van der Waals surface area contributed by atoms with Crippen LogP contribution < -0.4 is 15.7 Å². The fraction of sp³-hybridized carbons (Fsp3) is 0.190. The first-order valence-corrected chi connectivity index (χ1v) is 9.08. The van der Waals surface area contributed by atoms with Crippen molar-refractivity contribution in [2.75, 3.05) is 18.5 Å². The summed E-state index contributed by atoms with van der Waals surface area (Å²) in [7, 11) is 0. The van der Waals surface area contributed by atoms with Gasteiger partial charge in [-0.3, -0.25) is 4.79 Å². The highest BCUT2D eigenvalue weighted by Crippen LogP contribution is 2.22. The highest BCUT2D eigenvalue weighted by Gasteiger charge is 2.11. The minimum absolute atomic E-state index is 0.337. The van der Waals surface area contributed by atoms with Crippen molar-refractivity contribution in [2.45, 2.75) is 13.8 Å². The molecule has 29 heavy (non-hydrogen) atoms. The lowest BCUT2D eigenvalue weighted by molar-refractivity contribution is -0.149. The quantitative estimate of drug-likeness (QED) is 0.488. The van der Waals surface area contributed by atoms with Gasteiger partial charge < -0.3 is 19.2 Å². The van der Waals surface area contributed by atoms with E-state index in [4.69, 9.17) is 25.5 Å². The number of halogens is 1. The van der Waals surface area contributed by atoms with Crippen molar-refractivity contribution in [1.29, 1.82) is 0 Å². The molecular formula is C21H18ClNO6. The second-order valence-corrected chi connectivity index (χ2v) is 6.80. The van der Waals surface area contributed by atoms with Crippen LogP contribution in [0.1, 0.15) is 11.1 Å². The zero-order chi connectivity index (χ0) is 21.0. The standard InChI is InChI=1S/C21H18ClNO6/c1-12-8-20(25)29-18-9-15(4-5-16(12)18)27-11-21(26)28-10-19(24)23-17-6-3-14(22)7-13(17)2/h3-9H,10-11H2,1-2H3,(H,23,24). The molecule has 8 heteroatoms. The van der Waals surface area contributed by atoms with Crippen LogP contribution in [0.15, 0.2) is 51.7 Å². The van der Waals surface area contributed by atoms with Gasteiger partial charge in [0.1, 0.15) is 11.3 Å². The van der Waals surface area contributed by atoms with E-state index < -0.39 is 30.7 Å². The van der Waals surface area contributed by atoms with E-state index in [0.29, 0.717) is 22.0 Å². The molecule has 0 fully saturated rings. The van der Waals surface area contributed by atoms with Crippen LogP contribution in [0, 0.1) is 13.8 Å². The average molecular weight is 416 g/mol. The number of nitrogens with one attached hydrogen (secondary N) is 1. The van der Waals surface area contributed by atoms with Gasteiger partial charge >= 0.3 is 11.6 Å². The first-order valence-electron chi connectivity index (χ1n) is 8.71. The summed E-state index contributed by atoms with van der Waals surface area (Å²) in [6.07, 6.45) is 0. The van der Waals surface area contributed by atoms with Gasteiger partial charge in [-0.15, -0.1) is 0 Å². The minimum Gasteiger partial charge on any atom is -0.482 e. The molecule has 0 spiro atoms. The number of rotatable bonds is 6. The van der Waals surface area contributed by atoms with Crippen LogP contribution in [0.3, 0.4) is 0 Å². The molecule has 1 N–H and O–H groups in total. The van der Waals surface area contributed by atoms with Crippen LogP contribution in [0.2, 0.25) is 5.02 Å². The van der Waals surface area contributed by atoms with Crippen molar-refractivity contribution in [2.24, 2.45) is 0 Å². The third-order valence-corrected chi connectivity index (χ3v) is 4.34. The van der Waals surface area contributed by atoms with Crippen LogP contribution >= 0.6 is 11.6 Å². The summed E-state index contributed by atoms with van der Waals surface area (Å²) in [6, 6.07) is 11.3. The predicted molar refractivity (Wildman–Crippen MR) is 108 cm³/mol. The summed E-state index contributed by atoms with van der Waals surface area (Å²) < 4.78 is 15.4. The van der Waals surface area contributed by atoms with Crippen LogP contribution in [0.25, 0.3) is 11.0 Å². The molecule has 0 saturated heterocycles. The normalized spacial score (nSPS) is 10.6. The number of carbonyl (C=O) groups is 2. The molecule has 1 heterocycles. The van der Waals surface area contributed by atoms with E-state index in [1.165, 1.54) is 12.1 Å². The number of hydrogen-bond donors (Lipinski definition) is 1. The summed E-state index contributed by atoms with van der Waals surface area (Å²) in [5.74, 6) is -0.852. The Morgan fingerprint density at radius 2 is 1.83 bits per heavy atom. The van der Waals surface area contributed by atoms with E-state index in [1.807, 2.05) is 0 Å². The minimum atomic E-state index is -0.709.